The maximum absolute atomic E-state index is 12.7. The van der Waals surface area contributed by atoms with Crippen LogP contribution in [-0.2, 0) is 16.1 Å². The Bertz CT molecular complexity index is 894. The molecule has 1 N–H and O–H groups in total. The van der Waals surface area contributed by atoms with Gasteiger partial charge in [-0.05, 0) is 13.0 Å². The topological polar surface area (TPSA) is 77.0 Å². The predicted octanol–water partition coefficient (Wildman–Crippen LogP) is 1.87. The van der Waals surface area contributed by atoms with E-state index >= 15 is 0 Å². The molecule has 0 aliphatic carbocycles. The number of aromatic amines is 1. The van der Waals surface area contributed by atoms with Crippen molar-refractivity contribution in [2.45, 2.75) is 13.5 Å². The highest BCUT2D eigenvalue weighted by atomic mass is 16.5. The van der Waals surface area contributed by atoms with Crippen molar-refractivity contribution in [3.05, 3.63) is 52.4 Å². The molecular weight excluding hydrogens is 282 g/mol. The van der Waals surface area contributed by atoms with Gasteiger partial charge in [-0.3, -0.25) is 14.2 Å². The Morgan fingerprint density at radius 3 is 2.73 bits per heavy atom. The Hall–Kier alpha value is -2.89. The van der Waals surface area contributed by atoms with Gasteiger partial charge in [-0.2, -0.15) is 0 Å². The number of hydrogen-bond donors (Lipinski definition) is 1. The number of nitrogens with zero attached hydrogens (tertiary/aromatic N) is 2. The molecule has 2 heterocycles. The fourth-order valence-electron chi connectivity index (χ4n) is 2.38. The van der Waals surface area contributed by atoms with Gasteiger partial charge < -0.3 is 9.72 Å². The van der Waals surface area contributed by atoms with Crippen molar-refractivity contribution in [1.29, 1.82) is 0 Å². The molecule has 0 bridgehead atoms. The van der Waals surface area contributed by atoms with Gasteiger partial charge in [0.1, 0.15) is 18.0 Å². The second-order valence-corrected chi connectivity index (χ2v) is 4.98. The molecule has 0 saturated carbocycles. The molecule has 3 aromatic rings. The molecule has 6 nitrogen and oxygen atoms in total. The zero-order valence-electron chi connectivity index (χ0n) is 12.3. The molecule has 0 fully saturated rings. The molecule has 0 spiro atoms. The second kappa shape index (κ2) is 5.48. The standard InChI is InChI=1S/C16H15N3O3/c1-10-8-12-14(17-10)18-15(11-6-4-3-5-7-11)19(16(12)21)9-13(20)22-2/h3-8,17H,9H2,1-2H3. The van der Waals surface area contributed by atoms with Crippen molar-refractivity contribution < 1.29 is 9.53 Å². The summed E-state index contributed by atoms with van der Waals surface area (Å²) < 4.78 is 6.03. The highest BCUT2D eigenvalue weighted by Crippen LogP contribution is 2.18. The van der Waals surface area contributed by atoms with E-state index in [9.17, 15) is 9.59 Å². The monoisotopic (exact) mass is 297 g/mol. The summed E-state index contributed by atoms with van der Waals surface area (Å²) in [7, 11) is 1.29. The summed E-state index contributed by atoms with van der Waals surface area (Å²) in [5, 5.41) is 0.459. The van der Waals surface area contributed by atoms with Crippen molar-refractivity contribution >= 4 is 17.0 Å². The number of hydrogen-bond acceptors (Lipinski definition) is 4. The number of H-pyrrole nitrogens is 1. The first-order valence-corrected chi connectivity index (χ1v) is 6.82. The molecule has 2 aromatic heterocycles. The van der Waals surface area contributed by atoms with Crippen molar-refractivity contribution in [2.75, 3.05) is 7.11 Å². The number of carbonyl (C=O) groups is 1. The van der Waals surface area contributed by atoms with E-state index in [-0.39, 0.29) is 12.1 Å². The fourth-order valence-corrected chi connectivity index (χ4v) is 2.38. The van der Waals surface area contributed by atoms with Gasteiger partial charge in [0.2, 0.25) is 0 Å². The van der Waals surface area contributed by atoms with Gasteiger partial charge in [0.25, 0.3) is 5.56 Å². The van der Waals surface area contributed by atoms with Crippen LogP contribution < -0.4 is 5.56 Å². The normalized spacial score (nSPS) is 10.8. The number of carbonyl (C=O) groups excluding carboxylic acids is 1. The molecule has 0 aliphatic rings. The molecule has 3 rings (SSSR count). The minimum atomic E-state index is -0.493. The van der Waals surface area contributed by atoms with Crippen LogP contribution >= 0.6 is 0 Å². The highest BCUT2D eigenvalue weighted by Gasteiger charge is 2.16. The Morgan fingerprint density at radius 2 is 2.05 bits per heavy atom. The number of rotatable bonds is 3. The lowest BCUT2D eigenvalue weighted by Crippen LogP contribution is -2.27. The van der Waals surface area contributed by atoms with Crippen molar-refractivity contribution in [3.63, 3.8) is 0 Å². The van der Waals surface area contributed by atoms with Gasteiger partial charge >= 0.3 is 5.97 Å². The van der Waals surface area contributed by atoms with E-state index in [4.69, 9.17) is 0 Å². The van der Waals surface area contributed by atoms with Gasteiger partial charge in [-0.1, -0.05) is 30.3 Å². The Balaban J connectivity index is 2.30. The molecule has 0 atom stereocenters. The van der Waals surface area contributed by atoms with Crippen LogP contribution in [0.5, 0.6) is 0 Å². The summed E-state index contributed by atoms with van der Waals surface area (Å²) in [5.41, 5.74) is 1.85. The lowest BCUT2D eigenvalue weighted by molar-refractivity contribution is -0.141. The molecule has 0 unspecified atom stereocenters. The number of aryl methyl sites for hydroxylation is 1. The maximum Gasteiger partial charge on any atom is 0.325 e. The zero-order valence-corrected chi connectivity index (χ0v) is 12.3. The van der Waals surface area contributed by atoms with Gasteiger partial charge in [-0.15, -0.1) is 0 Å². The average molecular weight is 297 g/mol. The number of methoxy groups -OCH3 is 1. The van der Waals surface area contributed by atoms with E-state index in [0.29, 0.717) is 16.9 Å². The Morgan fingerprint density at radius 1 is 1.32 bits per heavy atom. The van der Waals surface area contributed by atoms with Crippen LogP contribution in [0.15, 0.2) is 41.2 Å². The van der Waals surface area contributed by atoms with Crippen molar-refractivity contribution in [2.24, 2.45) is 0 Å². The van der Waals surface area contributed by atoms with Crippen molar-refractivity contribution in [3.8, 4) is 11.4 Å². The molecule has 6 heteroatoms. The maximum atomic E-state index is 12.7. The largest absolute Gasteiger partial charge is 0.468 e. The van der Waals surface area contributed by atoms with Crippen LogP contribution in [0.25, 0.3) is 22.4 Å². The number of fused-ring (bicyclic) bond motifs is 1. The fraction of sp³-hybridized carbons (Fsp3) is 0.188. The lowest BCUT2D eigenvalue weighted by Gasteiger charge is -2.11. The van der Waals surface area contributed by atoms with Crippen LogP contribution in [0, 0.1) is 6.92 Å². The number of ether oxygens (including phenoxy) is 1. The molecule has 0 radical (unpaired) electrons. The summed E-state index contributed by atoms with van der Waals surface area (Å²) in [4.78, 5) is 31.9. The lowest BCUT2D eigenvalue weighted by atomic mass is 10.2. The van der Waals surface area contributed by atoms with Gasteiger partial charge in [-0.25, -0.2) is 4.98 Å². The molecular formula is C16H15N3O3. The second-order valence-electron chi connectivity index (χ2n) is 4.98. The first kappa shape index (κ1) is 14.1. The molecule has 112 valence electrons. The number of esters is 1. The predicted molar refractivity (Wildman–Crippen MR) is 82.5 cm³/mol. The van der Waals surface area contributed by atoms with Gasteiger partial charge in [0.15, 0.2) is 0 Å². The number of benzene rings is 1. The van der Waals surface area contributed by atoms with Gasteiger partial charge in [0.05, 0.1) is 12.5 Å². The van der Waals surface area contributed by atoms with E-state index in [1.807, 2.05) is 37.3 Å². The third-order valence-electron chi connectivity index (χ3n) is 3.43. The van der Waals surface area contributed by atoms with E-state index in [1.165, 1.54) is 11.7 Å². The van der Waals surface area contributed by atoms with Crippen LogP contribution in [0.1, 0.15) is 5.69 Å². The molecule has 0 aliphatic heterocycles. The summed E-state index contributed by atoms with van der Waals surface area (Å²) in [5.74, 6) is -0.0574. The number of nitrogens with one attached hydrogen (secondary N) is 1. The SMILES string of the molecule is COC(=O)Cn1c(-c2ccccc2)nc2[nH]c(C)cc2c1=O. The van der Waals surface area contributed by atoms with E-state index in [0.717, 1.165) is 11.3 Å². The third kappa shape index (κ3) is 2.39. The smallest absolute Gasteiger partial charge is 0.325 e. The third-order valence-corrected chi connectivity index (χ3v) is 3.43. The molecule has 22 heavy (non-hydrogen) atoms. The quantitative estimate of drug-likeness (QED) is 0.749. The minimum absolute atomic E-state index is 0.174. The molecule has 0 amide bonds. The number of aromatic nitrogens is 3. The molecule has 0 saturated heterocycles. The zero-order chi connectivity index (χ0) is 15.7. The summed E-state index contributed by atoms with van der Waals surface area (Å²) >= 11 is 0. The summed E-state index contributed by atoms with van der Waals surface area (Å²) in [6, 6.07) is 11.0. The Labute approximate surface area is 126 Å². The first-order chi connectivity index (χ1) is 10.6. The first-order valence-electron chi connectivity index (χ1n) is 6.82. The average Bonchev–Trinajstić information content (AvgIpc) is 2.91. The summed E-state index contributed by atoms with van der Waals surface area (Å²) in [6.45, 7) is 1.68. The van der Waals surface area contributed by atoms with Crippen LogP contribution in [0.3, 0.4) is 0 Å². The highest BCUT2D eigenvalue weighted by molar-refractivity contribution is 5.79. The van der Waals surface area contributed by atoms with Crippen molar-refractivity contribution in [1.82, 2.24) is 14.5 Å². The van der Waals surface area contributed by atoms with E-state index in [2.05, 4.69) is 14.7 Å². The summed E-state index contributed by atoms with van der Waals surface area (Å²) in [6.07, 6.45) is 0. The molecule has 1 aromatic carbocycles. The van der Waals surface area contributed by atoms with Gasteiger partial charge in [0, 0.05) is 11.3 Å². The van der Waals surface area contributed by atoms with E-state index < -0.39 is 5.97 Å². The van der Waals surface area contributed by atoms with Crippen LogP contribution in [-0.4, -0.2) is 27.6 Å². The Kier molecular flexibility index (Phi) is 3.50. The van der Waals surface area contributed by atoms with Crippen LogP contribution in [0.2, 0.25) is 0 Å². The van der Waals surface area contributed by atoms with E-state index in [1.54, 1.807) is 6.07 Å². The van der Waals surface area contributed by atoms with Crippen LogP contribution in [0.4, 0.5) is 0 Å². The minimum Gasteiger partial charge on any atom is -0.468 e.